The predicted octanol–water partition coefficient (Wildman–Crippen LogP) is 2.79. The minimum Gasteiger partial charge on any atom is -0.339 e. The molecule has 21 heavy (non-hydrogen) atoms. The molecule has 0 amide bonds. The van der Waals surface area contributed by atoms with E-state index in [1.807, 2.05) is 6.07 Å². The highest BCUT2D eigenvalue weighted by molar-refractivity contribution is 5.15. The quantitative estimate of drug-likeness (QED) is 0.918. The van der Waals surface area contributed by atoms with Gasteiger partial charge in [-0.2, -0.15) is 4.98 Å². The summed E-state index contributed by atoms with van der Waals surface area (Å²) in [6.07, 6.45) is 6.46. The zero-order valence-corrected chi connectivity index (χ0v) is 12.4. The fourth-order valence-electron chi connectivity index (χ4n) is 2.92. The average Bonchev–Trinajstić information content (AvgIpc) is 2.80. The van der Waals surface area contributed by atoms with Gasteiger partial charge in [-0.3, -0.25) is 0 Å². The molecule has 0 aliphatic carbocycles. The van der Waals surface area contributed by atoms with Gasteiger partial charge in [-0.15, -0.1) is 0 Å². The molecule has 1 N–H and O–H groups in total. The van der Waals surface area contributed by atoms with Crippen LogP contribution in [0, 0.1) is 5.92 Å². The number of aryl methyl sites for hydroxylation is 2. The second kappa shape index (κ2) is 7.36. The molecule has 1 atom stereocenters. The summed E-state index contributed by atoms with van der Waals surface area (Å²) in [5.74, 6) is 2.33. The van der Waals surface area contributed by atoms with Crippen molar-refractivity contribution in [3.05, 3.63) is 47.6 Å². The standard InChI is InChI=1S/C17H23N3O/c1-2-5-14(6-3-1)8-9-16-19-17(21-20-16)13-15-7-4-11-18-12-10-15/h1-3,5-6,15,18H,4,7-13H2. The fourth-order valence-corrected chi connectivity index (χ4v) is 2.92. The van der Waals surface area contributed by atoms with Crippen molar-refractivity contribution in [1.82, 2.24) is 15.5 Å². The maximum absolute atomic E-state index is 5.42. The van der Waals surface area contributed by atoms with Crippen LogP contribution in [0.5, 0.6) is 0 Å². The Balaban J connectivity index is 1.51. The zero-order chi connectivity index (χ0) is 14.3. The summed E-state index contributed by atoms with van der Waals surface area (Å²) in [5.41, 5.74) is 1.32. The van der Waals surface area contributed by atoms with Crippen LogP contribution in [0.25, 0.3) is 0 Å². The van der Waals surface area contributed by atoms with E-state index in [1.54, 1.807) is 0 Å². The molecule has 0 saturated carbocycles. The molecular formula is C17H23N3O. The average molecular weight is 285 g/mol. The highest BCUT2D eigenvalue weighted by Crippen LogP contribution is 2.18. The van der Waals surface area contributed by atoms with Gasteiger partial charge in [0.25, 0.3) is 0 Å². The van der Waals surface area contributed by atoms with Crippen LogP contribution in [0.15, 0.2) is 34.9 Å². The number of rotatable bonds is 5. The number of hydrogen-bond acceptors (Lipinski definition) is 4. The number of aromatic nitrogens is 2. The van der Waals surface area contributed by atoms with Gasteiger partial charge in [0.15, 0.2) is 5.82 Å². The molecule has 4 nitrogen and oxygen atoms in total. The van der Waals surface area contributed by atoms with Crippen LogP contribution in [-0.2, 0) is 19.3 Å². The first-order valence-electron chi connectivity index (χ1n) is 7.96. The van der Waals surface area contributed by atoms with Crippen LogP contribution < -0.4 is 5.32 Å². The maximum atomic E-state index is 5.42. The van der Waals surface area contributed by atoms with E-state index in [0.29, 0.717) is 5.92 Å². The van der Waals surface area contributed by atoms with E-state index in [1.165, 1.54) is 24.8 Å². The van der Waals surface area contributed by atoms with E-state index in [9.17, 15) is 0 Å². The van der Waals surface area contributed by atoms with Gasteiger partial charge in [0, 0.05) is 12.8 Å². The van der Waals surface area contributed by atoms with Crippen molar-refractivity contribution in [1.29, 1.82) is 0 Å². The van der Waals surface area contributed by atoms with E-state index < -0.39 is 0 Å². The number of nitrogens with one attached hydrogen (secondary N) is 1. The summed E-state index contributed by atoms with van der Waals surface area (Å²) < 4.78 is 5.42. The van der Waals surface area contributed by atoms with Gasteiger partial charge in [0.1, 0.15) is 0 Å². The van der Waals surface area contributed by atoms with E-state index in [4.69, 9.17) is 4.52 Å². The Morgan fingerprint density at radius 3 is 2.90 bits per heavy atom. The highest BCUT2D eigenvalue weighted by Gasteiger charge is 2.16. The molecule has 0 radical (unpaired) electrons. The third-order valence-electron chi connectivity index (χ3n) is 4.15. The minimum absolute atomic E-state index is 0.683. The Bertz CT molecular complexity index is 530. The molecule has 1 unspecified atom stereocenters. The molecule has 2 heterocycles. The second-order valence-electron chi connectivity index (χ2n) is 5.84. The molecule has 1 aromatic carbocycles. The van der Waals surface area contributed by atoms with Crippen molar-refractivity contribution in [2.75, 3.05) is 13.1 Å². The lowest BCUT2D eigenvalue weighted by Gasteiger charge is -2.09. The Morgan fingerprint density at radius 2 is 2.00 bits per heavy atom. The summed E-state index contributed by atoms with van der Waals surface area (Å²) in [4.78, 5) is 4.55. The van der Waals surface area contributed by atoms with Crippen molar-refractivity contribution < 1.29 is 4.52 Å². The van der Waals surface area contributed by atoms with E-state index in [0.717, 1.165) is 44.1 Å². The topological polar surface area (TPSA) is 51.0 Å². The molecule has 112 valence electrons. The van der Waals surface area contributed by atoms with Crippen LogP contribution in [0.2, 0.25) is 0 Å². The van der Waals surface area contributed by atoms with Crippen LogP contribution >= 0.6 is 0 Å². The van der Waals surface area contributed by atoms with Gasteiger partial charge >= 0.3 is 0 Å². The Hall–Kier alpha value is -1.68. The van der Waals surface area contributed by atoms with Crippen LogP contribution in [-0.4, -0.2) is 23.2 Å². The molecule has 0 spiro atoms. The summed E-state index contributed by atoms with van der Waals surface area (Å²) in [5, 5.41) is 7.56. The molecule has 2 aromatic rings. The normalized spacial score (nSPS) is 19.3. The van der Waals surface area contributed by atoms with Gasteiger partial charge in [-0.1, -0.05) is 35.5 Å². The molecule has 1 aliphatic rings. The minimum atomic E-state index is 0.683. The zero-order valence-electron chi connectivity index (χ0n) is 12.4. The van der Waals surface area contributed by atoms with E-state index in [2.05, 4.69) is 39.7 Å². The molecule has 1 saturated heterocycles. The molecule has 1 aromatic heterocycles. The maximum Gasteiger partial charge on any atom is 0.226 e. The lowest BCUT2D eigenvalue weighted by Crippen LogP contribution is -2.14. The van der Waals surface area contributed by atoms with E-state index in [-0.39, 0.29) is 0 Å². The fraction of sp³-hybridized carbons (Fsp3) is 0.529. The molecule has 1 fully saturated rings. The van der Waals surface area contributed by atoms with Gasteiger partial charge in [-0.05, 0) is 50.3 Å². The van der Waals surface area contributed by atoms with Gasteiger partial charge < -0.3 is 9.84 Å². The third kappa shape index (κ3) is 4.39. The largest absolute Gasteiger partial charge is 0.339 e. The highest BCUT2D eigenvalue weighted by atomic mass is 16.5. The van der Waals surface area contributed by atoms with Crippen LogP contribution in [0.3, 0.4) is 0 Å². The first-order chi connectivity index (χ1) is 10.4. The van der Waals surface area contributed by atoms with Gasteiger partial charge in [0.05, 0.1) is 0 Å². The number of benzene rings is 1. The summed E-state index contributed by atoms with van der Waals surface area (Å²) in [7, 11) is 0. The van der Waals surface area contributed by atoms with Crippen molar-refractivity contribution in [2.45, 2.75) is 38.5 Å². The number of hydrogen-bond donors (Lipinski definition) is 1. The molecule has 4 heteroatoms. The SMILES string of the molecule is c1ccc(CCc2noc(CC3CCCNCC3)n2)cc1. The molecular weight excluding hydrogens is 262 g/mol. The lowest BCUT2D eigenvalue weighted by molar-refractivity contribution is 0.338. The molecule has 0 bridgehead atoms. The smallest absolute Gasteiger partial charge is 0.226 e. The van der Waals surface area contributed by atoms with Crippen LogP contribution in [0.4, 0.5) is 0 Å². The Morgan fingerprint density at radius 1 is 1.10 bits per heavy atom. The van der Waals surface area contributed by atoms with Crippen molar-refractivity contribution >= 4 is 0 Å². The molecule has 1 aliphatic heterocycles. The van der Waals surface area contributed by atoms with Gasteiger partial charge in [-0.25, -0.2) is 0 Å². The lowest BCUT2D eigenvalue weighted by atomic mass is 9.97. The summed E-state index contributed by atoms with van der Waals surface area (Å²) >= 11 is 0. The first-order valence-corrected chi connectivity index (χ1v) is 7.96. The second-order valence-corrected chi connectivity index (χ2v) is 5.84. The Labute approximate surface area is 126 Å². The monoisotopic (exact) mass is 285 g/mol. The summed E-state index contributed by atoms with van der Waals surface area (Å²) in [6.45, 7) is 2.25. The van der Waals surface area contributed by atoms with Crippen molar-refractivity contribution in [3.63, 3.8) is 0 Å². The molecule has 3 rings (SSSR count). The van der Waals surface area contributed by atoms with Crippen LogP contribution in [0.1, 0.15) is 36.5 Å². The summed E-state index contributed by atoms with van der Waals surface area (Å²) in [6, 6.07) is 10.4. The van der Waals surface area contributed by atoms with Crippen molar-refractivity contribution in [2.24, 2.45) is 5.92 Å². The predicted molar refractivity (Wildman–Crippen MR) is 82.1 cm³/mol. The third-order valence-corrected chi connectivity index (χ3v) is 4.15. The number of nitrogens with zero attached hydrogens (tertiary/aromatic N) is 2. The van der Waals surface area contributed by atoms with E-state index >= 15 is 0 Å². The first kappa shape index (κ1) is 14.3. The van der Waals surface area contributed by atoms with Crippen molar-refractivity contribution in [3.8, 4) is 0 Å². The van der Waals surface area contributed by atoms with Gasteiger partial charge in [0.2, 0.25) is 5.89 Å². The Kier molecular flexibility index (Phi) is 5.00.